The van der Waals surface area contributed by atoms with E-state index in [2.05, 4.69) is 5.32 Å². The molecule has 1 amide bonds. The molecule has 1 fully saturated rings. The summed E-state index contributed by atoms with van der Waals surface area (Å²) in [5, 5.41) is 2.69. The molecule has 0 saturated carbocycles. The van der Waals surface area contributed by atoms with Crippen molar-refractivity contribution >= 4 is 11.7 Å². The van der Waals surface area contributed by atoms with Crippen molar-refractivity contribution in [1.29, 1.82) is 0 Å². The van der Waals surface area contributed by atoms with Gasteiger partial charge in [0.1, 0.15) is 0 Å². The van der Waals surface area contributed by atoms with Gasteiger partial charge in [-0.2, -0.15) is 0 Å². The number of carbonyl (C=O) groups is 2. The van der Waals surface area contributed by atoms with Gasteiger partial charge in [0.15, 0.2) is 5.78 Å². The predicted molar refractivity (Wildman–Crippen MR) is 41.1 cm³/mol. The van der Waals surface area contributed by atoms with E-state index in [9.17, 15) is 9.59 Å². The molecule has 0 bridgehead atoms. The number of amides is 1. The van der Waals surface area contributed by atoms with E-state index in [1.165, 1.54) is 0 Å². The summed E-state index contributed by atoms with van der Waals surface area (Å²) in [7, 11) is 0. The summed E-state index contributed by atoms with van der Waals surface area (Å²) < 4.78 is 0. The van der Waals surface area contributed by atoms with Gasteiger partial charge in [0.25, 0.3) is 0 Å². The van der Waals surface area contributed by atoms with Crippen LogP contribution in [0, 0.1) is 0 Å². The van der Waals surface area contributed by atoms with E-state index < -0.39 is 5.54 Å². The van der Waals surface area contributed by atoms with Gasteiger partial charge in [0.2, 0.25) is 5.91 Å². The summed E-state index contributed by atoms with van der Waals surface area (Å²) >= 11 is 0. The molecule has 62 valence electrons. The van der Waals surface area contributed by atoms with Crippen molar-refractivity contribution in [2.75, 3.05) is 0 Å². The van der Waals surface area contributed by atoms with E-state index in [-0.39, 0.29) is 11.7 Å². The highest BCUT2D eigenvalue weighted by Crippen LogP contribution is 2.21. The Balaban J connectivity index is 2.69. The number of ketones is 1. The fourth-order valence-electron chi connectivity index (χ4n) is 1.40. The molecule has 0 aliphatic carbocycles. The summed E-state index contributed by atoms with van der Waals surface area (Å²) in [6.07, 6.45) is 1.64. The zero-order valence-electron chi connectivity index (χ0n) is 6.94. The van der Waals surface area contributed by atoms with E-state index in [1.54, 1.807) is 6.92 Å². The third kappa shape index (κ3) is 1.42. The fraction of sp³-hybridized carbons (Fsp3) is 0.750. The maximum atomic E-state index is 11.3. The minimum Gasteiger partial charge on any atom is -0.344 e. The summed E-state index contributed by atoms with van der Waals surface area (Å²) in [5.74, 6) is 0.123. The van der Waals surface area contributed by atoms with Gasteiger partial charge in [-0.3, -0.25) is 9.59 Å². The average Bonchev–Trinajstić information content (AvgIpc) is 2.31. The lowest BCUT2D eigenvalue weighted by atomic mass is 9.93. The monoisotopic (exact) mass is 155 g/mol. The quantitative estimate of drug-likeness (QED) is 0.636. The molecular weight excluding hydrogens is 142 g/mol. The van der Waals surface area contributed by atoms with Gasteiger partial charge in [-0.15, -0.1) is 0 Å². The van der Waals surface area contributed by atoms with Crippen molar-refractivity contribution < 1.29 is 9.59 Å². The first-order chi connectivity index (χ1) is 5.08. The maximum absolute atomic E-state index is 11.3. The molecule has 1 saturated heterocycles. The molecule has 1 unspecified atom stereocenters. The Morgan fingerprint density at radius 2 is 2.36 bits per heavy atom. The van der Waals surface area contributed by atoms with Crippen LogP contribution >= 0.6 is 0 Å². The van der Waals surface area contributed by atoms with Crippen LogP contribution in [0.2, 0.25) is 0 Å². The van der Waals surface area contributed by atoms with E-state index >= 15 is 0 Å². The van der Waals surface area contributed by atoms with Gasteiger partial charge in [-0.25, -0.2) is 0 Å². The normalized spacial score (nSPS) is 30.2. The molecule has 3 nitrogen and oxygen atoms in total. The van der Waals surface area contributed by atoms with E-state index in [0.29, 0.717) is 19.3 Å². The lowest BCUT2D eigenvalue weighted by molar-refractivity contribution is -0.127. The summed E-state index contributed by atoms with van der Waals surface area (Å²) in [5.41, 5.74) is -0.564. The lowest BCUT2D eigenvalue weighted by Gasteiger charge is -2.20. The zero-order chi connectivity index (χ0) is 8.48. The first kappa shape index (κ1) is 8.24. The number of rotatable bonds is 2. The molecule has 1 aliphatic rings. The Hall–Kier alpha value is -0.860. The molecule has 0 aromatic heterocycles. The molecule has 0 radical (unpaired) electrons. The van der Waals surface area contributed by atoms with Crippen molar-refractivity contribution in [3.05, 3.63) is 0 Å². The summed E-state index contributed by atoms with van der Waals surface area (Å²) in [4.78, 5) is 22.1. The third-order valence-corrected chi connectivity index (χ3v) is 2.20. The van der Waals surface area contributed by atoms with E-state index in [4.69, 9.17) is 0 Å². The highest BCUT2D eigenvalue weighted by atomic mass is 16.2. The Morgan fingerprint density at radius 1 is 1.73 bits per heavy atom. The van der Waals surface area contributed by atoms with Crippen LogP contribution in [0.3, 0.4) is 0 Å². The van der Waals surface area contributed by atoms with Crippen LogP contribution in [-0.2, 0) is 9.59 Å². The second-order valence-electron chi connectivity index (χ2n) is 3.16. The Bertz CT molecular complexity index is 200. The second kappa shape index (κ2) is 2.64. The number of hydrogen-bond acceptors (Lipinski definition) is 2. The van der Waals surface area contributed by atoms with Gasteiger partial charge >= 0.3 is 0 Å². The Labute approximate surface area is 66.2 Å². The minimum atomic E-state index is -0.564. The van der Waals surface area contributed by atoms with Crippen molar-refractivity contribution in [2.24, 2.45) is 0 Å². The fourth-order valence-corrected chi connectivity index (χ4v) is 1.40. The molecule has 0 spiro atoms. The zero-order valence-corrected chi connectivity index (χ0v) is 6.94. The summed E-state index contributed by atoms with van der Waals surface area (Å²) in [6.45, 7) is 3.61. The van der Waals surface area contributed by atoms with Crippen LogP contribution in [0.5, 0.6) is 0 Å². The predicted octanol–water partition coefficient (Wildman–Crippen LogP) is 0.634. The smallest absolute Gasteiger partial charge is 0.220 e. The van der Waals surface area contributed by atoms with Crippen molar-refractivity contribution in [1.82, 2.24) is 5.32 Å². The van der Waals surface area contributed by atoms with Crippen LogP contribution in [0.15, 0.2) is 0 Å². The number of carbonyl (C=O) groups excluding carboxylic acids is 2. The standard InChI is InChI=1S/C8H13NO2/c1-3-6(10)8(2)5-4-7(11)9-8/h3-5H2,1-2H3,(H,9,11). The first-order valence-electron chi connectivity index (χ1n) is 3.93. The number of Topliss-reactive ketones (excluding diaryl/α,β-unsaturated/α-hetero) is 1. The maximum Gasteiger partial charge on any atom is 0.220 e. The molecule has 3 heteroatoms. The first-order valence-corrected chi connectivity index (χ1v) is 3.93. The van der Waals surface area contributed by atoms with Gasteiger partial charge < -0.3 is 5.32 Å². The van der Waals surface area contributed by atoms with Gasteiger partial charge in [-0.1, -0.05) is 6.92 Å². The van der Waals surface area contributed by atoms with Crippen LogP contribution in [0.1, 0.15) is 33.1 Å². The summed E-state index contributed by atoms with van der Waals surface area (Å²) in [6, 6.07) is 0. The van der Waals surface area contributed by atoms with Crippen LogP contribution < -0.4 is 5.32 Å². The molecule has 11 heavy (non-hydrogen) atoms. The molecule has 1 aliphatic heterocycles. The van der Waals surface area contributed by atoms with Crippen LogP contribution in [0.4, 0.5) is 0 Å². The molecule has 0 aromatic carbocycles. The number of nitrogens with one attached hydrogen (secondary N) is 1. The van der Waals surface area contributed by atoms with Crippen molar-refractivity contribution in [2.45, 2.75) is 38.6 Å². The topological polar surface area (TPSA) is 46.2 Å². The third-order valence-electron chi connectivity index (χ3n) is 2.20. The molecule has 1 rings (SSSR count). The van der Waals surface area contributed by atoms with Crippen molar-refractivity contribution in [3.63, 3.8) is 0 Å². The highest BCUT2D eigenvalue weighted by Gasteiger charge is 2.38. The van der Waals surface area contributed by atoms with Gasteiger partial charge in [0.05, 0.1) is 5.54 Å². The molecule has 1 N–H and O–H groups in total. The molecule has 0 aromatic rings. The van der Waals surface area contributed by atoms with Gasteiger partial charge in [0, 0.05) is 12.8 Å². The van der Waals surface area contributed by atoms with Crippen molar-refractivity contribution in [3.8, 4) is 0 Å². The Kier molecular flexibility index (Phi) is 1.98. The molecule has 1 atom stereocenters. The van der Waals surface area contributed by atoms with E-state index in [1.807, 2.05) is 6.92 Å². The largest absolute Gasteiger partial charge is 0.344 e. The SMILES string of the molecule is CCC(=O)C1(C)CCC(=O)N1. The number of hydrogen-bond donors (Lipinski definition) is 1. The minimum absolute atomic E-state index is 0.00528. The van der Waals surface area contributed by atoms with Crippen LogP contribution in [0.25, 0.3) is 0 Å². The van der Waals surface area contributed by atoms with Gasteiger partial charge in [-0.05, 0) is 13.3 Å². The van der Waals surface area contributed by atoms with Crippen LogP contribution in [-0.4, -0.2) is 17.2 Å². The second-order valence-corrected chi connectivity index (χ2v) is 3.16. The van der Waals surface area contributed by atoms with E-state index in [0.717, 1.165) is 0 Å². The average molecular weight is 155 g/mol. The Morgan fingerprint density at radius 3 is 2.73 bits per heavy atom. The molecular formula is C8H13NO2. The highest BCUT2D eigenvalue weighted by molar-refractivity contribution is 5.95. The molecule has 1 heterocycles. The lowest BCUT2D eigenvalue weighted by Crippen LogP contribution is -2.45.